The van der Waals surface area contributed by atoms with Gasteiger partial charge in [-0.3, -0.25) is 0 Å². The Balaban J connectivity index is 1.65. The molecule has 0 spiro atoms. The molecule has 3 N–H and O–H groups in total. The second-order valence-corrected chi connectivity index (χ2v) is 10.2. The monoisotopic (exact) mass is 423 g/mol. The molecule has 0 aliphatic heterocycles. The highest BCUT2D eigenvalue weighted by molar-refractivity contribution is 7.90. The maximum absolute atomic E-state index is 12.0. The summed E-state index contributed by atoms with van der Waals surface area (Å²) < 4.78 is 34.5. The summed E-state index contributed by atoms with van der Waals surface area (Å²) in [6.07, 6.45) is 4.04. The Morgan fingerprint density at radius 2 is 2.00 bits per heavy atom. The molecule has 0 aromatic carbocycles. The average Bonchev–Trinajstić information content (AvgIpc) is 3.41. The highest BCUT2D eigenvalue weighted by atomic mass is 32.2. The van der Waals surface area contributed by atoms with Crippen molar-refractivity contribution in [2.45, 2.75) is 65.2 Å². The number of nitrogens with two attached hydrogens (primary N) is 1. The third-order valence-corrected chi connectivity index (χ3v) is 7.76. The number of fused-ring (bicyclic) bond motifs is 1. The van der Waals surface area contributed by atoms with Crippen molar-refractivity contribution in [3.05, 3.63) is 17.1 Å². The summed E-state index contributed by atoms with van der Waals surface area (Å²) in [5.41, 5.74) is 9.94. The van der Waals surface area contributed by atoms with E-state index in [1.165, 1.54) is 12.8 Å². The second-order valence-electron chi connectivity index (χ2n) is 8.00. The Labute approximate surface area is 173 Å². The molecule has 1 saturated carbocycles. The SMILES string of the molecule is CCC(C)S(=O)(=O)NCCOCCn1c(CC2CC2)nc2c(N)nc(C)c(C)c21. The van der Waals surface area contributed by atoms with E-state index in [9.17, 15) is 8.42 Å². The van der Waals surface area contributed by atoms with Gasteiger partial charge in [0.2, 0.25) is 10.0 Å². The first kappa shape index (κ1) is 22.0. The molecule has 0 bridgehead atoms. The van der Waals surface area contributed by atoms with Gasteiger partial charge in [0.25, 0.3) is 0 Å². The van der Waals surface area contributed by atoms with Crippen LogP contribution >= 0.6 is 0 Å². The van der Waals surface area contributed by atoms with Gasteiger partial charge in [-0.05, 0) is 51.5 Å². The number of hydrogen-bond donors (Lipinski definition) is 2. The molecule has 1 unspecified atom stereocenters. The van der Waals surface area contributed by atoms with Crippen molar-refractivity contribution >= 4 is 26.9 Å². The zero-order chi connectivity index (χ0) is 21.2. The molecule has 8 nitrogen and oxygen atoms in total. The average molecular weight is 424 g/mol. The smallest absolute Gasteiger partial charge is 0.214 e. The molecule has 1 fully saturated rings. The van der Waals surface area contributed by atoms with E-state index >= 15 is 0 Å². The normalized spacial score (nSPS) is 15.9. The van der Waals surface area contributed by atoms with Crippen LogP contribution in [0.4, 0.5) is 5.82 Å². The first-order valence-electron chi connectivity index (χ1n) is 10.4. The summed E-state index contributed by atoms with van der Waals surface area (Å²) in [6.45, 7) is 9.33. The number of nitrogen functional groups attached to an aromatic ring is 1. The van der Waals surface area contributed by atoms with E-state index in [4.69, 9.17) is 15.5 Å². The van der Waals surface area contributed by atoms with Crippen molar-refractivity contribution in [3.8, 4) is 0 Å². The highest BCUT2D eigenvalue weighted by Crippen LogP contribution is 2.34. The molecule has 1 atom stereocenters. The summed E-state index contributed by atoms with van der Waals surface area (Å²) in [4.78, 5) is 9.22. The zero-order valence-corrected chi connectivity index (χ0v) is 18.7. The minimum absolute atomic E-state index is 0.279. The standard InChI is InChI=1S/C20H33N5O3S/c1-5-13(2)29(26,27)22-8-10-28-11-9-25-17(12-16-6-7-16)24-18-19(25)14(3)15(4)23-20(18)21/h13,16,22H,5-12H2,1-4H3,(H2,21,23). The predicted octanol–water partition coefficient (Wildman–Crippen LogP) is 2.32. The van der Waals surface area contributed by atoms with E-state index in [1.54, 1.807) is 6.92 Å². The number of ether oxygens (including phenoxy) is 1. The Hall–Kier alpha value is -1.71. The lowest BCUT2D eigenvalue weighted by Gasteiger charge is -2.13. The van der Waals surface area contributed by atoms with Gasteiger partial charge < -0.3 is 15.0 Å². The second kappa shape index (κ2) is 8.97. The summed E-state index contributed by atoms with van der Waals surface area (Å²) in [7, 11) is -3.26. The number of rotatable bonds is 11. The molecule has 1 aliphatic rings. The molecule has 2 aromatic heterocycles. The fourth-order valence-electron chi connectivity index (χ4n) is 3.40. The minimum atomic E-state index is -3.26. The van der Waals surface area contributed by atoms with Gasteiger partial charge in [-0.15, -0.1) is 0 Å². The van der Waals surface area contributed by atoms with Crippen molar-refractivity contribution in [1.82, 2.24) is 19.3 Å². The maximum Gasteiger partial charge on any atom is 0.214 e. The van der Waals surface area contributed by atoms with Crippen molar-refractivity contribution in [2.24, 2.45) is 5.92 Å². The number of nitrogens with zero attached hydrogens (tertiary/aromatic N) is 3. The van der Waals surface area contributed by atoms with E-state index in [2.05, 4.69) is 14.3 Å². The molecule has 9 heteroatoms. The number of aryl methyl sites for hydroxylation is 2. The van der Waals surface area contributed by atoms with E-state index < -0.39 is 15.3 Å². The van der Waals surface area contributed by atoms with E-state index in [-0.39, 0.29) is 6.54 Å². The Morgan fingerprint density at radius 1 is 1.28 bits per heavy atom. The van der Waals surface area contributed by atoms with Crippen LogP contribution in [-0.4, -0.2) is 48.0 Å². The van der Waals surface area contributed by atoms with E-state index in [1.807, 2.05) is 20.8 Å². The molecule has 3 rings (SSSR count). The van der Waals surface area contributed by atoms with Crippen molar-refractivity contribution in [3.63, 3.8) is 0 Å². The fourth-order valence-corrected chi connectivity index (χ4v) is 4.49. The topological polar surface area (TPSA) is 112 Å². The summed E-state index contributed by atoms with van der Waals surface area (Å²) in [5.74, 6) is 2.21. The number of nitrogens with one attached hydrogen (secondary N) is 1. The molecule has 29 heavy (non-hydrogen) atoms. The highest BCUT2D eigenvalue weighted by Gasteiger charge is 2.26. The van der Waals surface area contributed by atoms with Gasteiger partial charge in [-0.1, -0.05) is 6.92 Å². The first-order chi connectivity index (χ1) is 13.7. The first-order valence-corrected chi connectivity index (χ1v) is 12.0. The van der Waals surface area contributed by atoms with Gasteiger partial charge in [0, 0.05) is 25.2 Å². The van der Waals surface area contributed by atoms with Crippen LogP contribution < -0.4 is 10.5 Å². The molecule has 0 saturated heterocycles. The number of anilines is 1. The molecule has 0 radical (unpaired) electrons. The number of aromatic nitrogens is 3. The molecule has 0 amide bonds. The van der Waals surface area contributed by atoms with Gasteiger partial charge >= 0.3 is 0 Å². The largest absolute Gasteiger partial charge is 0.382 e. The van der Waals surface area contributed by atoms with Crippen LogP contribution in [0.15, 0.2) is 0 Å². The lowest BCUT2D eigenvalue weighted by atomic mass is 10.2. The number of pyridine rings is 1. The lowest BCUT2D eigenvalue weighted by molar-refractivity contribution is 0.131. The Kier molecular flexibility index (Phi) is 6.80. The summed E-state index contributed by atoms with van der Waals surface area (Å²) >= 11 is 0. The summed E-state index contributed by atoms with van der Waals surface area (Å²) in [5, 5.41) is -0.393. The van der Waals surface area contributed by atoms with Crippen molar-refractivity contribution < 1.29 is 13.2 Å². The molecule has 162 valence electrons. The maximum atomic E-state index is 12.0. The molecule has 1 aliphatic carbocycles. The Morgan fingerprint density at radius 3 is 2.66 bits per heavy atom. The van der Waals surface area contributed by atoms with Crippen molar-refractivity contribution in [2.75, 3.05) is 25.5 Å². The quantitative estimate of drug-likeness (QED) is 0.537. The minimum Gasteiger partial charge on any atom is -0.382 e. The van der Waals surface area contributed by atoms with Crippen molar-refractivity contribution in [1.29, 1.82) is 0 Å². The van der Waals surface area contributed by atoms with Crippen LogP contribution in [0, 0.1) is 19.8 Å². The Bertz CT molecular complexity index is 966. The van der Waals surface area contributed by atoms with E-state index in [0.29, 0.717) is 37.9 Å². The van der Waals surface area contributed by atoms with Crippen LogP contribution in [0.25, 0.3) is 11.0 Å². The third-order valence-electron chi connectivity index (χ3n) is 5.76. The van der Waals surface area contributed by atoms with E-state index in [0.717, 1.165) is 34.5 Å². The molecule has 2 aromatic rings. The molecule has 2 heterocycles. The van der Waals surface area contributed by atoms with Crippen LogP contribution in [0.5, 0.6) is 0 Å². The van der Waals surface area contributed by atoms with Crippen LogP contribution in [0.1, 0.15) is 50.2 Å². The fraction of sp³-hybridized carbons (Fsp3) is 0.700. The van der Waals surface area contributed by atoms with Crippen LogP contribution in [0.2, 0.25) is 0 Å². The van der Waals surface area contributed by atoms with Gasteiger partial charge in [-0.2, -0.15) is 0 Å². The van der Waals surface area contributed by atoms with Gasteiger partial charge in [0.1, 0.15) is 11.3 Å². The lowest BCUT2D eigenvalue weighted by Crippen LogP contribution is -2.34. The molecular formula is C20H33N5O3S. The zero-order valence-electron chi connectivity index (χ0n) is 17.9. The van der Waals surface area contributed by atoms with Gasteiger partial charge in [-0.25, -0.2) is 23.1 Å². The number of imidazole rings is 1. The number of sulfonamides is 1. The van der Waals surface area contributed by atoms with Crippen LogP contribution in [-0.2, 0) is 27.7 Å². The predicted molar refractivity (Wildman–Crippen MR) is 115 cm³/mol. The number of hydrogen-bond acceptors (Lipinski definition) is 6. The summed E-state index contributed by atoms with van der Waals surface area (Å²) in [6, 6.07) is 0. The van der Waals surface area contributed by atoms with Crippen LogP contribution in [0.3, 0.4) is 0 Å². The third kappa shape index (κ3) is 5.07. The van der Waals surface area contributed by atoms with Gasteiger partial charge in [0.05, 0.1) is 24.0 Å². The van der Waals surface area contributed by atoms with Gasteiger partial charge in [0.15, 0.2) is 5.82 Å². The molecular weight excluding hydrogens is 390 g/mol.